The lowest BCUT2D eigenvalue weighted by atomic mass is 9.81. The summed E-state index contributed by atoms with van der Waals surface area (Å²) in [5.41, 5.74) is 0.0286. The van der Waals surface area contributed by atoms with Gasteiger partial charge < -0.3 is 5.32 Å². The van der Waals surface area contributed by atoms with Gasteiger partial charge in [0.25, 0.3) is 0 Å². The van der Waals surface area contributed by atoms with Crippen molar-refractivity contribution in [2.24, 2.45) is 5.41 Å². The fourth-order valence-corrected chi connectivity index (χ4v) is 3.21. The lowest BCUT2D eigenvalue weighted by molar-refractivity contribution is -0.126. The predicted octanol–water partition coefficient (Wildman–Crippen LogP) is 2.52. The second-order valence-corrected chi connectivity index (χ2v) is 5.33. The second kappa shape index (κ2) is 6.38. The highest BCUT2D eigenvalue weighted by molar-refractivity contribution is 9.09. The summed E-state index contributed by atoms with van der Waals surface area (Å²) < 4.78 is 0. The Bertz CT molecular complexity index is 272. The molecule has 0 radical (unpaired) electrons. The average Bonchev–Trinajstić information content (AvgIpc) is 2.61. The van der Waals surface area contributed by atoms with Crippen LogP contribution in [0.25, 0.3) is 0 Å². The molecule has 0 aromatic rings. The smallest absolute Gasteiger partial charge is 0.324 e. The Morgan fingerprint density at radius 3 is 2.24 bits per heavy atom. The van der Waals surface area contributed by atoms with E-state index in [1.54, 1.807) is 0 Å². The van der Waals surface area contributed by atoms with E-state index in [1.165, 1.54) is 4.90 Å². The molecule has 17 heavy (non-hydrogen) atoms. The number of nitrogens with zero attached hydrogens (tertiary/aromatic N) is 1. The summed E-state index contributed by atoms with van der Waals surface area (Å²) >= 11 is 3.55. The van der Waals surface area contributed by atoms with Crippen molar-refractivity contribution in [3.63, 3.8) is 0 Å². The molecule has 1 aliphatic heterocycles. The van der Waals surface area contributed by atoms with Crippen LogP contribution < -0.4 is 5.32 Å². The predicted molar refractivity (Wildman–Crippen MR) is 71.2 cm³/mol. The molecule has 1 saturated heterocycles. The summed E-state index contributed by atoms with van der Waals surface area (Å²) in [6.45, 7) is 4.96. The molecule has 1 fully saturated rings. The molecular formula is C12H21BrN2O2. The van der Waals surface area contributed by atoms with Crippen LogP contribution in [0.1, 0.15) is 39.5 Å². The van der Waals surface area contributed by atoms with Gasteiger partial charge in [0.2, 0.25) is 5.91 Å². The molecule has 0 aliphatic carbocycles. The number of carbonyl (C=O) groups excluding carboxylic acids is 2. The van der Waals surface area contributed by atoms with Gasteiger partial charge in [-0.3, -0.25) is 9.69 Å². The molecule has 1 N–H and O–H groups in total. The average molecular weight is 305 g/mol. The largest absolute Gasteiger partial charge is 0.329 e. The minimum absolute atomic E-state index is 0.0286. The zero-order chi connectivity index (χ0) is 12.9. The lowest BCUT2D eigenvalue weighted by Gasteiger charge is -2.34. The standard InChI is InChI=1S/C12H21BrN2O2/c1-3-5-12(8-13,6-4-2)9-15-10(16)7-14-11(15)17/h3-9H2,1-2H3,(H,14,17). The first-order chi connectivity index (χ1) is 8.08. The van der Waals surface area contributed by atoms with Crippen LogP contribution in [0, 0.1) is 5.41 Å². The van der Waals surface area contributed by atoms with Crippen LogP contribution in [0.5, 0.6) is 0 Å². The van der Waals surface area contributed by atoms with Crippen LogP contribution in [-0.2, 0) is 4.79 Å². The van der Waals surface area contributed by atoms with Crippen LogP contribution in [0.15, 0.2) is 0 Å². The maximum absolute atomic E-state index is 11.6. The van der Waals surface area contributed by atoms with Gasteiger partial charge in [0.15, 0.2) is 0 Å². The summed E-state index contributed by atoms with van der Waals surface area (Å²) in [5.74, 6) is -0.104. The Labute approximate surface area is 111 Å². The topological polar surface area (TPSA) is 49.4 Å². The number of carbonyl (C=O) groups is 2. The van der Waals surface area contributed by atoms with Crippen LogP contribution >= 0.6 is 15.9 Å². The Balaban J connectivity index is 2.76. The van der Waals surface area contributed by atoms with Crippen molar-refractivity contribution < 1.29 is 9.59 Å². The number of amides is 3. The van der Waals surface area contributed by atoms with Gasteiger partial charge in [-0.15, -0.1) is 0 Å². The molecule has 0 atom stereocenters. The van der Waals surface area contributed by atoms with Gasteiger partial charge in [-0.25, -0.2) is 4.79 Å². The molecule has 0 bridgehead atoms. The summed E-state index contributed by atoms with van der Waals surface area (Å²) in [6, 6.07) is -0.243. The zero-order valence-corrected chi connectivity index (χ0v) is 12.2. The highest BCUT2D eigenvalue weighted by Crippen LogP contribution is 2.33. The van der Waals surface area contributed by atoms with E-state index in [4.69, 9.17) is 0 Å². The number of imide groups is 1. The van der Waals surface area contributed by atoms with Gasteiger partial charge in [-0.05, 0) is 18.3 Å². The maximum atomic E-state index is 11.6. The minimum atomic E-state index is -0.243. The molecule has 0 saturated carbocycles. The molecule has 0 spiro atoms. The van der Waals surface area contributed by atoms with E-state index < -0.39 is 0 Å². The van der Waals surface area contributed by atoms with Crippen LogP contribution in [0.4, 0.5) is 4.79 Å². The Hall–Kier alpha value is -0.580. The first-order valence-corrected chi connectivity index (χ1v) is 7.35. The van der Waals surface area contributed by atoms with Crippen molar-refractivity contribution in [1.82, 2.24) is 10.2 Å². The minimum Gasteiger partial charge on any atom is -0.329 e. The van der Waals surface area contributed by atoms with Crippen molar-refractivity contribution in [3.8, 4) is 0 Å². The monoisotopic (exact) mass is 304 g/mol. The summed E-state index contributed by atoms with van der Waals surface area (Å²) in [7, 11) is 0. The first-order valence-electron chi connectivity index (χ1n) is 6.22. The fourth-order valence-electron chi connectivity index (χ4n) is 2.47. The van der Waals surface area contributed by atoms with E-state index in [9.17, 15) is 9.59 Å². The highest BCUT2D eigenvalue weighted by atomic mass is 79.9. The number of hydrogen-bond donors (Lipinski definition) is 1. The summed E-state index contributed by atoms with van der Waals surface area (Å²) in [5, 5.41) is 3.40. The third-order valence-electron chi connectivity index (χ3n) is 3.27. The van der Waals surface area contributed by atoms with Crippen molar-refractivity contribution in [1.29, 1.82) is 0 Å². The number of nitrogens with one attached hydrogen (secondary N) is 1. The molecule has 3 amide bonds. The van der Waals surface area contributed by atoms with Gasteiger partial charge >= 0.3 is 6.03 Å². The third-order valence-corrected chi connectivity index (χ3v) is 4.46. The summed E-state index contributed by atoms with van der Waals surface area (Å²) in [4.78, 5) is 24.5. The number of urea groups is 1. The zero-order valence-electron chi connectivity index (χ0n) is 10.6. The lowest BCUT2D eigenvalue weighted by Crippen LogP contribution is -2.42. The van der Waals surface area contributed by atoms with E-state index >= 15 is 0 Å². The molecule has 0 unspecified atom stereocenters. The van der Waals surface area contributed by atoms with E-state index in [0.717, 1.165) is 31.0 Å². The molecule has 0 aromatic heterocycles. The van der Waals surface area contributed by atoms with Crippen molar-refractivity contribution in [3.05, 3.63) is 0 Å². The number of rotatable bonds is 7. The SMILES string of the molecule is CCCC(CBr)(CCC)CN1C(=O)CNC1=O. The van der Waals surface area contributed by atoms with Gasteiger partial charge in [0, 0.05) is 11.9 Å². The number of halogens is 1. The first kappa shape index (κ1) is 14.5. The van der Waals surface area contributed by atoms with Gasteiger partial charge in [0.05, 0.1) is 6.54 Å². The van der Waals surface area contributed by atoms with Gasteiger partial charge in [-0.2, -0.15) is 0 Å². The highest BCUT2D eigenvalue weighted by Gasteiger charge is 2.37. The Morgan fingerprint density at radius 1 is 1.29 bits per heavy atom. The van der Waals surface area contributed by atoms with Crippen molar-refractivity contribution in [2.45, 2.75) is 39.5 Å². The molecular weight excluding hydrogens is 284 g/mol. The number of alkyl halides is 1. The van der Waals surface area contributed by atoms with Crippen molar-refractivity contribution >= 4 is 27.9 Å². The molecule has 1 heterocycles. The Kier molecular flexibility index (Phi) is 5.43. The molecule has 0 aromatic carbocycles. The summed E-state index contributed by atoms with van der Waals surface area (Å²) in [6.07, 6.45) is 4.19. The normalized spacial score (nSPS) is 16.5. The molecule has 1 rings (SSSR count). The van der Waals surface area contributed by atoms with E-state index in [-0.39, 0.29) is 23.9 Å². The second-order valence-electron chi connectivity index (χ2n) is 4.77. The Morgan fingerprint density at radius 2 is 1.88 bits per heavy atom. The maximum Gasteiger partial charge on any atom is 0.324 e. The van der Waals surface area contributed by atoms with Crippen LogP contribution in [0.2, 0.25) is 0 Å². The van der Waals surface area contributed by atoms with E-state index in [0.29, 0.717) is 6.54 Å². The fraction of sp³-hybridized carbons (Fsp3) is 0.833. The van der Waals surface area contributed by atoms with E-state index in [1.807, 2.05) is 0 Å². The quantitative estimate of drug-likeness (QED) is 0.580. The molecule has 4 nitrogen and oxygen atoms in total. The molecule has 98 valence electrons. The number of hydrogen-bond acceptors (Lipinski definition) is 2. The van der Waals surface area contributed by atoms with E-state index in [2.05, 4.69) is 35.1 Å². The molecule has 5 heteroatoms. The van der Waals surface area contributed by atoms with Crippen LogP contribution in [-0.4, -0.2) is 35.3 Å². The van der Waals surface area contributed by atoms with Crippen LogP contribution in [0.3, 0.4) is 0 Å². The molecule has 1 aliphatic rings. The third kappa shape index (κ3) is 3.44. The van der Waals surface area contributed by atoms with Gasteiger partial charge in [-0.1, -0.05) is 42.6 Å². The van der Waals surface area contributed by atoms with Crippen molar-refractivity contribution in [2.75, 3.05) is 18.4 Å². The van der Waals surface area contributed by atoms with Gasteiger partial charge in [0.1, 0.15) is 0 Å².